The first-order valence-corrected chi connectivity index (χ1v) is 11.5. The van der Waals surface area contributed by atoms with Gasteiger partial charge in [0, 0.05) is 18.0 Å². The molecule has 2 aromatic carbocycles. The molecule has 0 aliphatic rings. The fraction of sp³-hybridized carbons (Fsp3) is 0.381. The maximum Gasteiger partial charge on any atom is 0.232 e. The highest BCUT2D eigenvalue weighted by atomic mass is 35.5. The molecule has 0 bridgehead atoms. The second kappa shape index (κ2) is 9.94. The van der Waals surface area contributed by atoms with Crippen LogP contribution in [0.5, 0.6) is 0 Å². The third-order valence-electron chi connectivity index (χ3n) is 4.50. The topological polar surface area (TPSA) is 66.5 Å². The van der Waals surface area contributed by atoms with Crippen molar-refractivity contribution in [2.45, 2.75) is 39.2 Å². The number of amides is 1. The number of rotatable bonds is 9. The van der Waals surface area contributed by atoms with Crippen molar-refractivity contribution in [1.82, 2.24) is 5.32 Å². The Bertz CT molecular complexity index is 881. The number of hydrogen-bond acceptors (Lipinski definition) is 3. The Morgan fingerprint density at radius 1 is 1.11 bits per heavy atom. The lowest BCUT2D eigenvalue weighted by atomic mass is 10.0. The fourth-order valence-electron chi connectivity index (χ4n) is 2.96. The van der Waals surface area contributed by atoms with E-state index in [0.29, 0.717) is 17.1 Å². The molecule has 1 unspecified atom stereocenters. The first-order chi connectivity index (χ1) is 13.2. The Morgan fingerprint density at radius 3 is 2.25 bits per heavy atom. The molecular weight excluding hydrogens is 396 g/mol. The maximum absolute atomic E-state index is 12.4. The number of nitrogens with one attached hydrogen (secondary N) is 1. The zero-order valence-electron chi connectivity index (χ0n) is 16.5. The molecule has 0 aromatic heterocycles. The predicted molar refractivity (Wildman–Crippen MR) is 115 cm³/mol. The standard InChI is InChI=1S/C21H27ClN2O3S/c1-4-20(17-9-7-16(2)8-10-17)23-21(25)6-5-15-24(28(3,26)27)19-13-11-18(22)12-14-19/h7-14,20H,4-6,15H2,1-3H3,(H,23,25). The van der Waals surface area contributed by atoms with E-state index in [4.69, 9.17) is 11.6 Å². The van der Waals surface area contributed by atoms with Crippen molar-refractivity contribution < 1.29 is 13.2 Å². The van der Waals surface area contributed by atoms with Gasteiger partial charge < -0.3 is 5.32 Å². The molecular formula is C21H27ClN2O3S. The van der Waals surface area contributed by atoms with Gasteiger partial charge in [0.25, 0.3) is 0 Å². The largest absolute Gasteiger partial charge is 0.349 e. The minimum absolute atomic E-state index is 0.0459. The minimum Gasteiger partial charge on any atom is -0.349 e. The molecule has 28 heavy (non-hydrogen) atoms. The first-order valence-electron chi connectivity index (χ1n) is 9.30. The van der Waals surface area contributed by atoms with Gasteiger partial charge in [0.05, 0.1) is 18.0 Å². The number of hydrogen-bond donors (Lipinski definition) is 1. The summed E-state index contributed by atoms with van der Waals surface area (Å²) in [5.41, 5.74) is 2.78. The molecule has 2 aromatic rings. The summed E-state index contributed by atoms with van der Waals surface area (Å²) >= 11 is 5.88. The van der Waals surface area contributed by atoms with E-state index in [9.17, 15) is 13.2 Å². The molecule has 0 aliphatic carbocycles. The number of carbonyl (C=O) groups excluding carboxylic acids is 1. The van der Waals surface area contributed by atoms with Crippen LogP contribution in [0.15, 0.2) is 48.5 Å². The quantitative estimate of drug-likeness (QED) is 0.648. The van der Waals surface area contributed by atoms with Crippen LogP contribution in [-0.4, -0.2) is 27.1 Å². The number of nitrogens with zero attached hydrogens (tertiary/aromatic N) is 1. The number of sulfonamides is 1. The molecule has 2 rings (SSSR count). The summed E-state index contributed by atoms with van der Waals surface area (Å²) in [6.45, 7) is 4.28. The van der Waals surface area contributed by atoms with Crippen LogP contribution < -0.4 is 9.62 Å². The zero-order chi connectivity index (χ0) is 20.7. The smallest absolute Gasteiger partial charge is 0.232 e. The van der Waals surface area contributed by atoms with Gasteiger partial charge in [-0.2, -0.15) is 0 Å². The van der Waals surface area contributed by atoms with Gasteiger partial charge in [0.15, 0.2) is 0 Å². The van der Waals surface area contributed by atoms with Crippen molar-refractivity contribution in [2.24, 2.45) is 0 Å². The molecule has 7 heteroatoms. The van der Waals surface area contributed by atoms with E-state index in [-0.39, 0.29) is 24.9 Å². The average molecular weight is 423 g/mol. The minimum atomic E-state index is -3.45. The Hall–Kier alpha value is -2.05. The maximum atomic E-state index is 12.4. The lowest BCUT2D eigenvalue weighted by molar-refractivity contribution is -0.121. The van der Waals surface area contributed by atoms with Crippen LogP contribution in [0.25, 0.3) is 0 Å². The first kappa shape index (κ1) is 22.2. The molecule has 0 saturated heterocycles. The molecule has 0 spiro atoms. The van der Waals surface area contributed by atoms with E-state index >= 15 is 0 Å². The van der Waals surface area contributed by atoms with Crippen LogP contribution >= 0.6 is 11.6 Å². The van der Waals surface area contributed by atoms with E-state index in [2.05, 4.69) is 5.32 Å². The van der Waals surface area contributed by atoms with Gasteiger partial charge in [-0.05, 0) is 49.6 Å². The summed E-state index contributed by atoms with van der Waals surface area (Å²) in [6.07, 6.45) is 2.62. The van der Waals surface area contributed by atoms with E-state index in [0.717, 1.165) is 18.2 Å². The van der Waals surface area contributed by atoms with Crippen LogP contribution in [-0.2, 0) is 14.8 Å². The lowest BCUT2D eigenvalue weighted by Crippen LogP contribution is -2.33. The Labute approximate surface area is 172 Å². The van der Waals surface area contributed by atoms with E-state index in [1.165, 1.54) is 9.87 Å². The fourth-order valence-corrected chi connectivity index (χ4v) is 4.05. The Morgan fingerprint density at radius 2 is 1.71 bits per heavy atom. The summed E-state index contributed by atoms with van der Waals surface area (Å²) in [5, 5.41) is 3.58. The SMILES string of the molecule is CCC(NC(=O)CCCN(c1ccc(Cl)cc1)S(C)(=O)=O)c1ccc(C)cc1. The normalized spacial score (nSPS) is 12.4. The third kappa shape index (κ3) is 6.53. The van der Waals surface area contributed by atoms with Crippen molar-refractivity contribution in [3.8, 4) is 0 Å². The van der Waals surface area contributed by atoms with Gasteiger partial charge in [0.1, 0.15) is 0 Å². The Balaban J connectivity index is 1.94. The van der Waals surface area contributed by atoms with Crippen LogP contribution in [0.3, 0.4) is 0 Å². The van der Waals surface area contributed by atoms with Crippen LogP contribution in [0.2, 0.25) is 5.02 Å². The Kier molecular flexibility index (Phi) is 7.89. The van der Waals surface area contributed by atoms with Crippen molar-refractivity contribution >= 4 is 33.2 Å². The summed E-state index contributed by atoms with van der Waals surface area (Å²) < 4.78 is 25.5. The third-order valence-corrected chi connectivity index (χ3v) is 5.95. The van der Waals surface area contributed by atoms with Crippen LogP contribution in [0, 0.1) is 6.92 Å². The van der Waals surface area contributed by atoms with E-state index < -0.39 is 10.0 Å². The van der Waals surface area contributed by atoms with Crippen LogP contribution in [0.1, 0.15) is 43.4 Å². The number of aryl methyl sites for hydroxylation is 1. The highest BCUT2D eigenvalue weighted by Crippen LogP contribution is 2.21. The molecule has 0 saturated carbocycles. The number of anilines is 1. The molecule has 1 amide bonds. The molecule has 152 valence electrons. The summed E-state index contributed by atoms with van der Waals surface area (Å²) in [4.78, 5) is 12.4. The highest BCUT2D eigenvalue weighted by Gasteiger charge is 2.18. The average Bonchev–Trinajstić information content (AvgIpc) is 2.64. The van der Waals surface area contributed by atoms with Crippen molar-refractivity contribution in [3.63, 3.8) is 0 Å². The second-order valence-electron chi connectivity index (χ2n) is 6.85. The van der Waals surface area contributed by atoms with Gasteiger partial charge in [0.2, 0.25) is 15.9 Å². The second-order valence-corrected chi connectivity index (χ2v) is 9.20. The number of carbonyl (C=O) groups is 1. The van der Waals surface area contributed by atoms with Crippen LogP contribution in [0.4, 0.5) is 5.69 Å². The van der Waals surface area contributed by atoms with Gasteiger partial charge in [-0.3, -0.25) is 9.10 Å². The summed E-state index contributed by atoms with van der Waals surface area (Å²) in [7, 11) is -3.45. The van der Waals surface area contributed by atoms with Gasteiger partial charge in [-0.15, -0.1) is 0 Å². The molecule has 1 N–H and O–H groups in total. The summed E-state index contributed by atoms with van der Waals surface area (Å²) in [5.74, 6) is -0.0861. The molecule has 0 radical (unpaired) electrons. The molecule has 0 aliphatic heterocycles. The summed E-state index contributed by atoms with van der Waals surface area (Å²) in [6, 6.07) is 14.7. The number of benzene rings is 2. The van der Waals surface area contributed by atoms with Crippen molar-refractivity contribution in [1.29, 1.82) is 0 Å². The zero-order valence-corrected chi connectivity index (χ0v) is 18.1. The molecule has 5 nitrogen and oxygen atoms in total. The van der Waals surface area contributed by atoms with Gasteiger partial charge in [-0.25, -0.2) is 8.42 Å². The van der Waals surface area contributed by atoms with Gasteiger partial charge in [-0.1, -0.05) is 48.4 Å². The predicted octanol–water partition coefficient (Wildman–Crippen LogP) is 4.46. The molecule has 0 fully saturated rings. The number of halogens is 1. The molecule has 0 heterocycles. The van der Waals surface area contributed by atoms with E-state index in [1.54, 1.807) is 24.3 Å². The lowest BCUT2D eigenvalue weighted by Gasteiger charge is -2.23. The monoisotopic (exact) mass is 422 g/mol. The van der Waals surface area contributed by atoms with Crippen molar-refractivity contribution in [2.75, 3.05) is 17.1 Å². The van der Waals surface area contributed by atoms with Crippen molar-refractivity contribution in [3.05, 3.63) is 64.7 Å². The van der Waals surface area contributed by atoms with E-state index in [1.807, 2.05) is 38.1 Å². The molecule has 1 atom stereocenters. The van der Waals surface area contributed by atoms with Gasteiger partial charge >= 0.3 is 0 Å². The highest BCUT2D eigenvalue weighted by molar-refractivity contribution is 7.92.